The van der Waals surface area contributed by atoms with Crippen LogP contribution in [0.4, 0.5) is 5.69 Å². The third-order valence-electron chi connectivity index (χ3n) is 3.92. The van der Waals surface area contributed by atoms with E-state index in [4.69, 9.17) is 11.6 Å². The van der Waals surface area contributed by atoms with Gasteiger partial charge in [-0.05, 0) is 36.2 Å². The molecule has 1 unspecified atom stereocenters. The molecule has 0 saturated carbocycles. The molecular formula is C17H19ClN2. The number of nitrogens with one attached hydrogen (secondary N) is 1. The molecule has 3 rings (SSSR count). The van der Waals surface area contributed by atoms with E-state index >= 15 is 0 Å². The van der Waals surface area contributed by atoms with Crippen molar-refractivity contribution in [2.75, 3.05) is 24.5 Å². The van der Waals surface area contributed by atoms with Gasteiger partial charge in [0.1, 0.15) is 0 Å². The molecule has 3 heteroatoms. The van der Waals surface area contributed by atoms with Crippen molar-refractivity contribution in [1.29, 1.82) is 0 Å². The zero-order valence-electron chi connectivity index (χ0n) is 11.6. The first-order valence-electron chi connectivity index (χ1n) is 7.04. The highest BCUT2D eigenvalue weighted by Gasteiger charge is 2.24. The number of anilines is 1. The molecule has 2 aromatic rings. The average Bonchev–Trinajstić information content (AvgIpc) is 2.49. The predicted molar refractivity (Wildman–Crippen MR) is 85.6 cm³/mol. The van der Waals surface area contributed by atoms with Gasteiger partial charge in [0.15, 0.2) is 0 Å². The van der Waals surface area contributed by atoms with Gasteiger partial charge < -0.3 is 10.2 Å². The zero-order valence-corrected chi connectivity index (χ0v) is 12.4. The van der Waals surface area contributed by atoms with E-state index in [-0.39, 0.29) is 0 Å². The van der Waals surface area contributed by atoms with E-state index in [1.165, 1.54) is 16.8 Å². The summed E-state index contributed by atoms with van der Waals surface area (Å²) in [6, 6.07) is 17.2. The van der Waals surface area contributed by atoms with Gasteiger partial charge in [0.05, 0.1) is 6.04 Å². The van der Waals surface area contributed by atoms with Gasteiger partial charge in [0, 0.05) is 30.3 Å². The van der Waals surface area contributed by atoms with Crippen molar-refractivity contribution in [3.63, 3.8) is 0 Å². The standard InChI is InChI=1S/C17H19ClN2/c1-13-4-2-3-5-16(13)20-11-10-19-12-17(20)14-6-8-15(18)9-7-14/h2-9,17,19H,10-12H2,1H3. The molecule has 1 aliphatic heterocycles. The minimum Gasteiger partial charge on any atom is -0.362 e. The number of halogens is 1. The van der Waals surface area contributed by atoms with E-state index in [1.807, 2.05) is 12.1 Å². The van der Waals surface area contributed by atoms with Crippen molar-refractivity contribution < 1.29 is 0 Å². The maximum atomic E-state index is 6.00. The summed E-state index contributed by atoms with van der Waals surface area (Å²) in [4.78, 5) is 2.50. The maximum absolute atomic E-state index is 6.00. The Kier molecular flexibility index (Phi) is 3.95. The summed E-state index contributed by atoms with van der Waals surface area (Å²) in [6.45, 7) is 5.20. The van der Waals surface area contributed by atoms with Gasteiger partial charge in [-0.1, -0.05) is 41.9 Å². The molecule has 0 radical (unpaired) electrons. The third-order valence-corrected chi connectivity index (χ3v) is 4.18. The Morgan fingerprint density at radius 3 is 2.60 bits per heavy atom. The second-order valence-electron chi connectivity index (χ2n) is 5.25. The van der Waals surface area contributed by atoms with Gasteiger partial charge in [0.2, 0.25) is 0 Å². The van der Waals surface area contributed by atoms with Crippen LogP contribution in [0.5, 0.6) is 0 Å². The normalized spacial score (nSPS) is 19.1. The summed E-state index contributed by atoms with van der Waals surface area (Å²) >= 11 is 6.00. The smallest absolute Gasteiger partial charge is 0.0667 e. The Bertz CT molecular complexity index is 580. The lowest BCUT2D eigenvalue weighted by Crippen LogP contribution is -2.46. The fraction of sp³-hybridized carbons (Fsp3) is 0.294. The Morgan fingerprint density at radius 1 is 1.10 bits per heavy atom. The summed E-state index contributed by atoms with van der Waals surface area (Å²) in [7, 11) is 0. The fourth-order valence-electron chi connectivity index (χ4n) is 2.86. The molecule has 0 bridgehead atoms. The van der Waals surface area contributed by atoms with Crippen LogP contribution in [0.15, 0.2) is 48.5 Å². The maximum Gasteiger partial charge on any atom is 0.0667 e. The lowest BCUT2D eigenvalue weighted by atomic mass is 10.0. The van der Waals surface area contributed by atoms with Crippen molar-refractivity contribution in [2.24, 2.45) is 0 Å². The van der Waals surface area contributed by atoms with Crippen LogP contribution in [0.1, 0.15) is 17.2 Å². The van der Waals surface area contributed by atoms with Crippen LogP contribution in [0.3, 0.4) is 0 Å². The number of hydrogen-bond donors (Lipinski definition) is 1. The van der Waals surface area contributed by atoms with Gasteiger partial charge in [0.25, 0.3) is 0 Å². The number of rotatable bonds is 2. The van der Waals surface area contributed by atoms with E-state index in [1.54, 1.807) is 0 Å². The average molecular weight is 287 g/mol. The van der Waals surface area contributed by atoms with Gasteiger partial charge in [-0.2, -0.15) is 0 Å². The second-order valence-corrected chi connectivity index (χ2v) is 5.69. The largest absolute Gasteiger partial charge is 0.362 e. The molecule has 1 aliphatic rings. The molecule has 0 aliphatic carbocycles. The van der Waals surface area contributed by atoms with E-state index in [0.717, 1.165) is 24.7 Å². The van der Waals surface area contributed by atoms with Crippen LogP contribution in [0, 0.1) is 6.92 Å². The summed E-state index contributed by atoms with van der Waals surface area (Å²) in [5.74, 6) is 0. The zero-order chi connectivity index (χ0) is 13.9. The number of aryl methyl sites for hydroxylation is 1. The predicted octanol–water partition coefficient (Wildman–Crippen LogP) is 3.80. The van der Waals surface area contributed by atoms with E-state index in [9.17, 15) is 0 Å². The van der Waals surface area contributed by atoms with Crippen molar-refractivity contribution in [3.8, 4) is 0 Å². The Labute approximate surface area is 125 Å². The fourth-order valence-corrected chi connectivity index (χ4v) is 2.99. The minimum absolute atomic E-state index is 0.363. The van der Waals surface area contributed by atoms with Crippen LogP contribution in [-0.2, 0) is 0 Å². The molecule has 0 aromatic heterocycles. The molecule has 1 N–H and O–H groups in total. The molecule has 1 fully saturated rings. The Morgan fingerprint density at radius 2 is 1.85 bits per heavy atom. The van der Waals surface area contributed by atoms with Crippen molar-refractivity contribution >= 4 is 17.3 Å². The molecule has 20 heavy (non-hydrogen) atoms. The summed E-state index contributed by atoms with van der Waals surface area (Å²) in [5, 5.41) is 4.28. The number of piperazine rings is 1. The molecule has 2 aromatic carbocycles. The summed E-state index contributed by atoms with van der Waals surface area (Å²) in [5.41, 5.74) is 3.96. The van der Waals surface area contributed by atoms with E-state index in [2.05, 4.69) is 53.5 Å². The highest BCUT2D eigenvalue weighted by atomic mass is 35.5. The number of hydrogen-bond acceptors (Lipinski definition) is 2. The van der Waals surface area contributed by atoms with Gasteiger partial charge in [-0.25, -0.2) is 0 Å². The first kappa shape index (κ1) is 13.5. The first-order valence-corrected chi connectivity index (χ1v) is 7.42. The van der Waals surface area contributed by atoms with Crippen molar-refractivity contribution in [2.45, 2.75) is 13.0 Å². The van der Waals surface area contributed by atoms with E-state index < -0.39 is 0 Å². The summed E-state index contributed by atoms with van der Waals surface area (Å²) in [6.07, 6.45) is 0. The third kappa shape index (κ3) is 2.67. The first-order chi connectivity index (χ1) is 9.75. The lowest BCUT2D eigenvalue weighted by molar-refractivity contribution is 0.489. The molecule has 1 heterocycles. The molecule has 1 saturated heterocycles. The van der Waals surface area contributed by atoms with Crippen molar-refractivity contribution in [1.82, 2.24) is 5.32 Å². The molecule has 0 spiro atoms. The Balaban J connectivity index is 1.95. The van der Waals surface area contributed by atoms with Crippen LogP contribution >= 0.6 is 11.6 Å². The molecule has 104 valence electrons. The molecule has 0 amide bonds. The Hall–Kier alpha value is -1.51. The summed E-state index contributed by atoms with van der Waals surface area (Å²) < 4.78 is 0. The minimum atomic E-state index is 0.363. The number of nitrogens with zero attached hydrogens (tertiary/aromatic N) is 1. The lowest BCUT2D eigenvalue weighted by Gasteiger charge is -2.39. The second kappa shape index (κ2) is 5.86. The van der Waals surface area contributed by atoms with Gasteiger partial charge in [-0.15, -0.1) is 0 Å². The van der Waals surface area contributed by atoms with Crippen LogP contribution in [0.25, 0.3) is 0 Å². The van der Waals surface area contributed by atoms with Crippen LogP contribution in [0.2, 0.25) is 5.02 Å². The van der Waals surface area contributed by atoms with E-state index in [0.29, 0.717) is 6.04 Å². The van der Waals surface area contributed by atoms with Crippen LogP contribution in [-0.4, -0.2) is 19.6 Å². The topological polar surface area (TPSA) is 15.3 Å². The number of para-hydroxylation sites is 1. The SMILES string of the molecule is Cc1ccccc1N1CCNCC1c1ccc(Cl)cc1. The molecule has 1 atom stereocenters. The van der Waals surface area contributed by atoms with Gasteiger partial charge in [-0.3, -0.25) is 0 Å². The quantitative estimate of drug-likeness (QED) is 0.903. The highest BCUT2D eigenvalue weighted by molar-refractivity contribution is 6.30. The van der Waals surface area contributed by atoms with Crippen LogP contribution < -0.4 is 10.2 Å². The van der Waals surface area contributed by atoms with Gasteiger partial charge >= 0.3 is 0 Å². The van der Waals surface area contributed by atoms with Crippen molar-refractivity contribution in [3.05, 3.63) is 64.7 Å². The highest BCUT2D eigenvalue weighted by Crippen LogP contribution is 2.31. The monoisotopic (exact) mass is 286 g/mol. The molecular weight excluding hydrogens is 268 g/mol. The molecule has 2 nitrogen and oxygen atoms in total. The number of benzene rings is 2.